The van der Waals surface area contributed by atoms with Crippen LogP contribution < -0.4 is 4.74 Å². The van der Waals surface area contributed by atoms with Gasteiger partial charge < -0.3 is 9.64 Å². The zero-order valence-corrected chi connectivity index (χ0v) is 12.2. The lowest BCUT2D eigenvalue weighted by atomic mass is 9.92. The standard InChI is InChI=1S/C15H20ClNO2/c1-11-7-12(2)9-17(8-11)15(18)10-19-14-5-3-13(16)4-6-14/h3-6,11-12H,7-10H2,1-2H3/t11-,12-/m0/s1. The molecule has 2 rings (SSSR count). The third kappa shape index (κ3) is 4.13. The van der Waals surface area contributed by atoms with Gasteiger partial charge >= 0.3 is 0 Å². The Hall–Kier alpha value is -1.22. The van der Waals surface area contributed by atoms with Gasteiger partial charge in [0.15, 0.2) is 6.61 Å². The zero-order valence-electron chi connectivity index (χ0n) is 11.4. The Bertz CT molecular complexity index is 422. The molecular formula is C15H20ClNO2. The molecule has 0 unspecified atom stereocenters. The quantitative estimate of drug-likeness (QED) is 0.851. The fraction of sp³-hybridized carbons (Fsp3) is 0.533. The number of benzene rings is 1. The van der Waals surface area contributed by atoms with Crippen LogP contribution in [0.3, 0.4) is 0 Å². The predicted octanol–water partition coefficient (Wildman–Crippen LogP) is 3.22. The van der Waals surface area contributed by atoms with Crippen LogP contribution in [0, 0.1) is 11.8 Å². The lowest BCUT2D eigenvalue weighted by Crippen LogP contribution is -2.44. The van der Waals surface area contributed by atoms with E-state index >= 15 is 0 Å². The van der Waals surface area contributed by atoms with Gasteiger partial charge in [0.1, 0.15) is 5.75 Å². The maximum atomic E-state index is 12.1. The van der Waals surface area contributed by atoms with E-state index in [1.807, 2.05) is 4.90 Å². The summed E-state index contributed by atoms with van der Waals surface area (Å²) in [6, 6.07) is 7.06. The van der Waals surface area contributed by atoms with E-state index < -0.39 is 0 Å². The highest BCUT2D eigenvalue weighted by Crippen LogP contribution is 2.21. The van der Waals surface area contributed by atoms with Crippen molar-refractivity contribution in [3.05, 3.63) is 29.3 Å². The molecule has 2 atom stereocenters. The lowest BCUT2D eigenvalue weighted by molar-refractivity contribution is -0.136. The summed E-state index contributed by atoms with van der Waals surface area (Å²) in [5.41, 5.74) is 0. The van der Waals surface area contributed by atoms with Gasteiger partial charge in [-0.25, -0.2) is 0 Å². The van der Waals surface area contributed by atoms with Crippen LogP contribution in [-0.4, -0.2) is 30.5 Å². The smallest absolute Gasteiger partial charge is 0.260 e. The average molecular weight is 282 g/mol. The maximum absolute atomic E-state index is 12.1. The van der Waals surface area contributed by atoms with Crippen LogP contribution in [0.2, 0.25) is 5.02 Å². The van der Waals surface area contributed by atoms with Gasteiger partial charge in [0.05, 0.1) is 0 Å². The molecule has 1 fully saturated rings. The third-order valence-electron chi connectivity index (χ3n) is 3.40. The van der Waals surface area contributed by atoms with Gasteiger partial charge in [-0.2, -0.15) is 0 Å². The number of piperidine rings is 1. The largest absolute Gasteiger partial charge is 0.484 e. The van der Waals surface area contributed by atoms with E-state index in [2.05, 4.69) is 13.8 Å². The van der Waals surface area contributed by atoms with E-state index in [0.29, 0.717) is 22.6 Å². The molecule has 1 aromatic carbocycles. The fourth-order valence-electron chi connectivity index (χ4n) is 2.63. The van der Waals surface area contributed by atoms with Crippen molar-refractivity contribution in [2.75, 3.05) is 19.7 Å². The number of carbonyl (C=O) groups is 1. The Morgan fingerprint density at radius 2 is 1.84 bits per heavy atom. The zero-order chi connectivity index (χ0) is 13.8. The minimum atomic E-state index is 0.0633. The molecule has 1 heterocycles. The molecule has 0 bridgehead atoms. The molecule has 1 aromatic rings. The Balaban J connectivity index is 1.85. The van der Waals surface area contributed by atoms with Gasteiger partial charge in [-0.3, -0.25) is 4.79 Å². The van der Waals surface area contributed by atoms with Gasteiger partial charge in [-0.05, 0) is 42.5 Å². The maximum Gasteiger partial charge on any atom is 0.260 e. The highest BCUT2D eigenvalue weighted by molar-refractivity contribution is 6.30. The third-order valence-corrected chi connectivity index (χ3v) is 3.65. The first-order valence-electron chi connectivity index (χ1n) is 6.70. The molecule has 0 radical (unpaired) electrons. The molecule has 3 nitrogen and oxygen atoms in total. The Labute approximate surface area is 119 Å². The number of amides is 1. The lowest BCUT2D eigenvalue weighted by Gasteiger charge is -2.34. The molecule has 0 saturated carbocycles. The van der Waals surface area contributed by atoms with E-state index in [1.54, 1.807) is 24.3 Å². The minimum absolute atomic E-state index is 0.0633. The monoisotopic (exact) mass is 281 g/mol. The fourth-order valence-corrected chi connectivity index (χ4v) is 2.76. The summed E-state index contributed by atoms with van der Waals surface area (Å²) >= 11 is 5.80. The minimum Gasteiger partial charge on any atom is -0.484 e. The Morgan fingerprint density at radius 3 is 2.42 bits per heavy atom. The number of ether oxygens (including phenoxy) is 1. The molecule has 4 heteroatoms. The summed E-state index contributed by atoms with van der Waals surface area (Å²) < 4.78 is 5.50. The van der Waals surface area contributed by atoms with Crippen LogP contribution in [0.15, 0.2) is 24.3 Å². The molecule has 1 aliphatic heterocycles. The summed E-state index contributed by atoms with van der Waals surface area (Å²) in [6.07, 6.45) is 1.20. The number of nitrogens with zero attached hydrogens (tertiary/aromatic N) is 1. The van der Waals surface area contributed by atoms with Crippen LogP contribution in [0.5, 0.6) is 5.75 Å². The van der Waals surface area contributed by atoms with Gasteiger partial charge in [0.2, 0.25) is 0 Å². The summed E-state index contributed by atoms with van der Waals surface area (Å²) in [7, 11) is 0. The van der Waals surface area contributed by atoms with Gasteiger partial charge in [-0.1, -0.05) is 25.4 Å². The van der Waals surface area contributed by atoms with Gasteiger partial charge in [0.25, 0.3) is 5.91 Å². The second-order valence-corrected chi connectivity index (χ2v) is 5.92. The number of carbonyl (C=O) groups excluding carboxylic acids is 1. The summed E-state index contributed by atoms with van der Waals surface area (Å²) in [5.74, 6) is 1.88. The number of hydrogen-bond acceptors (Lipinski definition) is 2. The van der Waals surface area contributed by atoms with Crippen LogP contribution in [-0.2, 0) is 4.79 Å². The summed E-state index contributed by atoms with van der Waals surface area (Å²) in [5, 5.41) is 0.664. The van der Waals surface area contributed by atoms with Crippen molar-refractivity contribution in [1.29, 1.82) is 0 Å². The van der Waals surface area contributed by atoms with Crippen molar-refractivity contribution in [3.63, 3.8) is 0 Å². The van der Waals surface area contributed by atoms with Crippen LogP contribution in [0.4, 0.5) is 0 Å². The molecule has 19 heavy (non-hydrogen) atoms. The van der Waals surface area contributed by atoms with E-state index in [0.717, 1.165) is 13.1 Å². The predicted molar refractivity (Wildman–Crippen MR) is 76.5 cm³/mol. The van der Waals surface area contributed by atoms with Gasteiger partial charge in [-0.15, -0.1) is 0 Å². The molecule has 0 aliphatic carbocycles. The second kappa shape index (κ2) is 6.29. The van der Waals surface area contributed by atoms with Gasteiger partial charge in [0, 0.05) is 18.1 Å². The highest BCUT2D eigenvalue weighted by atomic mass is 35.5. The van der Waals surface area contributed by atoms with Crippen molar-refractivity contribution in [3.8, 4) is 5.75 Å². The van der Waals surface area contributed by atoms with E-state index in [4.69, 9.17) is 16.3 Å². The summed E-state index contributed by atoms with van der Waals surface area (Å²) in [4.78, 5) is 14.0. The van der Waals surface area contributed by atoms with Crippen molar-refractivity contribution in [2.24, 2.45) is 11.8 Å². The second-order valence-electron chi connectivity index (χ2n) is 5.49. The van der Waals surface area contributed by atoms with E-state index in [1.165, 1.54) is 6.42 Å². The SMILES string of the molecule is C[C@H]1C[C@H](C)CN(C(=O)COc2ccc(Cl)cc2)C1. The van der Waals surface area contributed by atoms with E-state index in [-0.39, 0.29) is 12.5 Å². The van der Waals surface area contributed by atoms with Crippen LogP contribution in [0.25, 0.3) is 0 Å². The molecule has 104 valence electrons. The average Bonchev–Trinajstić information content (AvgIpc) is 2.36. The van der Waals surface area contributed by atoms with Crippen molar-refractivity contribution < 1.29 is 9.53 Å². The summed E-state index contributed by atoms with van der Waals surface area (Å²) in [6.45, 7) is 6.16. The molecule has 1 amide bonds. The number of hydrogen-bond donors (Lipinski definition) is 0. The Kier molecular flexibility index (Phi) is 4.70. The van der Waals surface area contributed by atoms with Crippen molar-refractivity contribution in [2.45, 2.75) is 20.3 Å². The van der Waals surface area contributed by atoms with Crippen LogP contribution >= 0.6 is 11.6 Å². The first-order valence-corrected chi connectivity index (χ1v) is 7.08. The molecule has 1 saturated heterocycles. The number of halogens is 1. The highest BCUT2D eigenvalue weighted by Gasteiger charge is 2.25. The first-order chi connectivity index (χ1) is 9.04. The first kappa shape index (κ1) is 14.2. The molecule has 0 aromatic heterocycles. The molecular weight excluding hydrogens is 262 g/mol. The van der Waals surface area contributed by atoms with Crippen molar-refractivity contribution >= 4 is 17.5 Å². The number of likely N-dealkylation sites (tertiary alicyclic amines) is 1. The molecule has 1 aliphatic rings. The molecule has 0 N–H and O–H groups in total. The molecule has 0 spiro atoms. The topological polar surface area (TPSA) is 29.5 Å². The Morgan fingerprint density at radius 1 is 1.26 bits per heavy atom. The normalized spacial score (nSPS) is 23.2. The van der Waals surface area contributed by atoms with Crippen LogP contribution in [0.1, 0.15) is 20.3 Å². The van der Waals surface area contributed by atoms with Crippen molar-refractivity contribution in [1.82, 2.24) is 4.90 Å². The van der Waals surface area contributed by atoms with E-state index in [9.17, 15) is 4.79 Å². The number of rotatable bonds is 3.